The Morgan fingerprint density at radius 1 is 1.00 bits per heavy atom. The smallest absolute Gasteiger partial charge is 0.323 e. The number of para-hydroxylation sites is 1. The van der Waals surface area contributed by atoms with Crippen LogP contribution in [0.5, 0.6) is 11.5 Å². The van der Waals surface area contributed by atoms with Crippen molar-refractivity contribution >= 4 is 34.4 Å². The summed E-state index contributed by atoms with van der Waals surface area (Å²) in [5.74, 6) is 3.05. The second-order valence-corrected chi connectivity index (χ2v) is 10.0. The summed E-state index contributed by atoms with van der Waals surface area (Å²) in [6.45, 7) is 4.39. The zero-order valence-corrected chi connectivity index (χ0v) is 20.5. The van der Waals surface area contributed by atoms with Gasteiger partial charge in [-0.15, -0.1) is 0 Å². The Labute approximate surface area is 214 Å². The number of carbonyl (C=O) groups excluding carboxylic acids is 1. The van der Waals surface area contributed by atoms with Crippen LogP contribution in [0.2, 0.25) is 5.02 Å². The molecule has 3 heterocycles. The summed E-state index contributed by atoms with van der Waals surface area (Å²) < 4.78 is 11.3. The summed E-state index contributed by atoms with van der Waals surface area (Å²) in [7, 11) is 0. The van der Waals surface area contributed by atoms with Crippen LogP contribution >= 0.6 is 11.6 Å². The van der Waals surface area contributed by atoms with Crippen molar-refractivity contribution in [2.24, 2.45) is 11.8 Å². The molecule has 4 aromatic rings. The second-order valence-electron chi connectivity index (χ2n) is 9.61. The van der Waals surface area contributed by atoms with Crippen molar-refractivity contribution in [1.82, 2.24) is 15.0 Å². The van der Waals surface area contributed by atoms with E-state index in [0.717, 1.165) is 56.0 Å². The van der Waals surface area contributed by atoms with Gasteiger partial charge in [-0.3, -0.25) is 10.2 Å². The van der Waals surface area contributed by atoms with E-state index in [1.54, 1.807) is 0 Å². The first-order chi connectivity index (χ1) is 17.6. The lowest BCUT2D eigenvalue weighted by atomic mass is 9.88. The SMILES string of the molecule is O=C(Nc1noc2ccccc12)N1C[C@@H]2CCN(Cc3cccc(Oc4ccc(Cl)cc4)c3)C[C@H]2C1. The van der Waals surface area contributed by atoms with Gasteiger partial charge in [-0.2, -0.15) is 0 Å². The lowest BCUT2D eigenvalue weighted by Crippen LogP contribution is -2.39. The molecule has 2 amide bonds. The number of hydrogen-bond donors (Lipinski definition) is 1. The van der Waals surface area contributed by atoms with Crippen molar-refractivity contribution in [2.75, 3.05) is 31.5 Å². The number of hydrogen-bond acceptors (Lipinski definition) is 5. The van der Waals surface area contributed by atoms with Gasteiger partial charge >= 0.3 is 6.03 Å². The molecule has 6 rings (SSSR count). The Morgan fingerprint density at radius 3 is 2.72 bits per heavy atom. The number of halogens is 1. The highest BCUT2D eigenvalue weighted by atomic mass is 35.5. The van der Waals surface area contributed by atoms with Crippen molar-refractivity contribution in [1.29, 1.82) is 0 Å². The molecule has 8 heteroatoms. The molecule has 2 atom stereocenters. The van der Waals surface area contributed by atoms with Gasteiger partial charge in [0.1, 0.15) is 11.5 Å². The number of fused-ring (bicyclic) bond motifs is 2. The molecule has 0 unspecified atom stereocenters. The molecular formula is C28H27ClN4O3. The Morgan fingerprint density at radius 2 is 1.83 bits per heavy atom. The fourth-order valence-electron chi connectivity index (χ4n) is 5.31. The van der Waals surface area contributed by atoms with Crippen LogP contribution in [0.4, 0.5) is 10.6 Å². The minimum atomic E-state index is -0.109. The molecule has 184 valence electrons. The molecule has 3 aromatic carbocycles. The van der Waals surface area contributed by atoms with Crippen LogP contribution in [0.3, 0.4) is 0 Å². The first kappa shape index (κ1) is 22.9. The zero-order chi connectivity index (χ0) is 24.5. The summed E-state index contributed by atoms with van der Waals surface area (Å²) in [6.07, 6.45) is 1.09. The molecule has 2 saturated heterocycles. The topological polar surface area (TPSA) is 70.8 Å². The Hall–Kier alpha value is -3.55. The third-order valence-electron chi connectivity index (χ3n) is 7.13. The lowest BCUT2D eigenvalue weighted by molar-refractivity contribution is 0.142. The van der Waals surface area contributed by atoms with E-state index in [2.05, 4.69) is 27.5 Å². The van der Waals surface area contributed by atoms with Crippen molar-refractivity contribution in [3.63, 3.8) is 0 Å². The number of piperidine rings is 1. The first-order valence-corrected chi connectivity index (χ1v) is 12.6. The Bertz CT molecular complexity index is 1370. The number of amides is 2. The Kier molecular flexibility index (Phi) is 6.25. The minimum absolute atomic E-state index is 0.109. The fourth-order valence-corrected chi connectivity index (χ4v) is 5.44. The van der Waals surface area contributed by atoms with E-state index in [9.17, 15) is 4.79 Å². The van der Waals surface area contributed by atoms with E-state index in [1.165, 1.54) is 5.56 Å². The van der Waals surface area contributed by atoms with Gasteiger partial charge in [0.2, 0.25) is 0 Å². The molecule has 0 spiro atoms. The zero-order valence-electron chi connectivity index (χ0n) is 19.8. The van der Waals surface area contributed by atoms with Gasteiger partial charge in [-0.1, -0.05) is 41.0 Å². The van der Waals surface area contributed by atoms with Gasteiger partial charge in [0.15, 0.2) is 11.4 Å². The molecule has 1 aromatic heterocycles. The number of likely N-dealkylation sites (tertiary alicyclic amines) is 2. The predicted octanol–water partition coefficient (Wildman–Crippen LogP) is 6.26. The van der Waals surface area contributed by atoms with Crippen LogP contribution in [0, 0.1) is 11.8 Å². The van der Waals surface area contributed by atoms with E-state index in [4.69, 9.17) is 20.9 Å². The summed E-state index contributed by atoms with van der Waals surface area (Å²) in [6, 6.07) is 23.0. The Balaban J connectivity index is 1.05. The van der Waals surface area contributed by atoms with Crippen LogP contribution in [0.25, 0.3) is 11.0 Å². The molecule has 0 bridgehead atoms. The van der Waals surface area contributed by atoms with E-state index in [1.807, 2.05) is 65.6 Å². The van der Waals surface area contributed by atoms with E-state index in [0.29, 0.717) is 28.3 Å². The fraction of sp³-hybridized carbons (Fsp3) is 0.286. The largest absolute Gasteiger partial charge is 0.457 e. The van der Waals surface area contributed by atoms with Crippen LogP contribution in [0.15, 0.2) is 77.3 Å². The monoisotopic (exact) mass is 502 g/mol. The van der Waals surface area contributed by atoms with Crippen molar-refractivity contribution in [3.05, 3.63) is 83.4 Å². The normalized spacial score (nSPS) is 19.9. The van der Waals surface area contributed by atoms with Gasteiger partial charge in [-0.05, 0) is 78.9 Å². The van der Waals surface area contributed by atoms with Crippen molar-refractivity contribution in [2.45, 2.75) is 13.0 Å². The molecule has 2 aliphatic heterocycles. The maximum atomic E-state index is 13.0. The number of nitrogens with zero attached hydrogens (tertiary/aromatic N) is 3. The van der Waals surface area contributed by atoms with Crippen LogP contribution in [-0.4, -0.2) is 47.2 Å². The summed E-state index contributed by atoms with van der Waals surface area (Å²) in [5.41, 5.74) is 1.88. The number of urea groups is 1. The second kappa shape index (κ2) is 9.84. The molecule has 2 aliphatic rings. The summed E-state index contributed by atoms with van der Waals surface area (Å²) in [4.78, 5) is 17.4. The third kappa shape index (κ3) is 4.90. The molecule has 0 saturated carbocycles. The van der Waals surface area contributed by atoms with Gasteiger partial charge < -0.3 is 14.2 Å². The van der Waals surface area contributed by atoms with E-state index in [-0.39, 0.29) is 6.03 Å². The quantitative estimate of drug-likeness (QED) is 0.349. The number of rotatable bonds is 5. The maximum Gasteiger partial charge on any atom is 0.323 e. The van der Waals surface area contributed by atoms with Crippen molar-refractivity contribution < 1.29 is 14.1 Å². The highest BCUT2D eigenvalue weighted by molar-refractivity contribution is 6.30. The highest BCUT2D eigenvalue weighted by Gasteiger charge is 2.39. The van der Waals surface area contributed by atoms with Gasteiger partial charge in [0.05, 0.1) is 5.39 Å². The summed E-state index contributed by atoms with van der Waals surface area (Å²) >= 11 is 5.97. The molecule has 0 aliphatic carbocycles. The highest BCUT2D eigenvalue weighted by Crippen LogP contribution is 2.33. The van der Waals surface area contributed by atoms with Crippen LogP contribution in [0.1, 0.15) is 12.0 Å². The minimum Gasteiger partial charge on any atom is -0.457 e. The van der Waals surface area contributed by atoms with Crippen LogP contribution in [-0.2, 0) is 6.54 Å². The average Bonchev–Trinajstić information content (AvgIpc) is 3.50. The van der Waals surface area contributed by atoms with Crippen molar-refractivity contribution in [3.8, 4) is 11.5 Å². The number of carbonyl (C=O) groups is 1. The summed E-state index contributed by atoms with van der Waals surface area (Å²) in [5, 5.41) is 8.48. The number of benzene rings is 3. The molecule has 0 radical (unpaired) electrons. The molecular weight excluding hydrogens is 476 g/mol. The van der Waals surface area contributed by atoms with E-state index >= 15 is 0 Å². The maximum absolute atomic E-state index is 13.0. The average molecular weight is 503 g/mol. The predicted molar refractivity (Wildman–Crippen MR) is 139 cm³/mol. The first-order valence-electron chi connectivity index (χ1n) is 12.3. The molecule has 2 fully saturated rings. The number of aromatic nitrogens is 1. The van der Waals surface area contributed by atoms with Crippen LogP contribution < -0.4 is 10.1 Å². The van der Waals surface area contributed by atoms with Gasteiger partial charge in [0.25, 0.3) is 0 Å². The number of ether oxygens (including phenoxy) is 1. The lowest BCUT2D eigenvalue weighted by Gasteiger charge is -2.34. The number of nitrogens with one attached hydrogen (secondary N) is 1. The molecule has 36 heavy (non-hydrogen) atoms. The standard InChI is InChI=1S/C28H27ClN4O3/c29-22-8-10-23(11-9-22)35-24-5-3-4-19(14-24)15-32-13-12-20-17-33(18-21(20)16-32)28(34)30-27-25-6-1-2-7-26(25)36-31-27/h1-11,14,20-21H,12-13,15-18H2,(H,30,31,34)/t20-,21-/m0/s1. The number of anilines is 1. The van der Waals surface area contributed by atoms with E-state index < -0.39 is 0 Å². The molecule has 7 nitrogen and oxygen atoms in total. The van der Waals surface area contributed by atoms with Gasteiger partial charge in [0, 0.05) is 31.2 Å². The van der Waals surface area contributed by atoms with Gasteiger partial charge in [-0.25, -0.2) is 4.79 Å². The molecule has 1 N–H and O–H groups in total. The third-order valence-corrected chi connectivity index (χ3v) is 7.38.